The third kappa shape index (κ3) is 2.68. The topological polar surface area (TPSA) is 27.3 Å². The number of likely N-dealkylation sites (tertiary alicyclic amines) is 1. The first-order valence-corrected chi connectivity index (χ1v) is 6.48. The lowest BCUT2D eigenvalue weighted by molar-refractivity contribution is 0.0720. The fourth-order valence-corrected chi connectivity index (χ4v) is 2.92. The van der Waals surface area contributed by atoms with Crippen molar-refractivity contribution >= 4 is 17.2 Å². The minimum Gasteiger partial charge on any atom is -0.367 e. The lowest BCUT2D eigenvalue weighted by atomic mass is 9.98. The standard InChI is InChI=1S/C11H21N3S/c1-2-9-5-3-4-6-14(9)10-7-11(15)13-8-12-10/h9-10,12H,2-8H2,1H3,(H,13,15). The second-order valence-corrected chi connectivity index (χ2v) is 4.99. The van der Waals surface area contributed by atoms with Crippen molar-refractivity contribution in [3.8, 4) is 0 Å². The highest BCUT2D eigenvalue weighted by molar-refractivity contribution is 7.80. The Balaban J connectivity index is 1.97. The summed E-state index contributed by atoms with van der Waals surface area (Å²) in [7, 11) is 0. The minimum atomic E-state index is 0.476. The number of nitrogens with zero attached hydrogens (tertiary/aromatic N) is 1. The van der Waals surface area contributed by atoms with E-state index in [2.05, 4.69) is 22.5 Å². The Hall–Kier alpha value is -0.190. The van der Waals surface area contributed by atoms with E-state index < -0.39 is 0 Å². The summed E-state index contributed by atoms with van der Waals surface area (Å²) in [5.74, 6) is 0. The highest BCUT2D eigenvalue weighted by atomic mass is 32.1. The van der Waals surface area contributed by atoms with E-state index in [1.807, 2.05) is 0 Å². The minimum absolute atomic E-state index is 0.476. The van der Waals surface area contributed by atoms with Gasteiger partial charge in [-0.15, -0.1) is 0 Å². The van der Waals surface area contributed by atoms with Crippen molar-refractivity contribution in [2.45, 2.75) is 51.2 Å². The number of hydrogen-bond donors (Lipinski definition) is 2. The van der Waals surface area contributed by atoms with Crippen LogP contribution in [0.5, 0.6) is 0 Å². The molecule has 2 heterocycles. The van der Waals surface area contributed by atoms with Gasteiger partial charge in [0.2, 0.25) is 0 Å². The van der Waals surface area contributed by atoms with Crippen molar-refractivity contribution in [2.24, 2.45) is 0 Å². The van der Waals surface area contributed by atoms with Crippen molar-refractivity contribution in [1.29, 1.82) is 0 Å². The van der Waals surface area contributed by atoms with E-state index >= 15 is 0 Å². The summed E-state index contributed by atoms with van der Waals surface area (Å²) in [6.45, 7) is 4.36. The monoisotopic (exact) mass is 227 g/mol. The van der Waals surface area contributed by atoms with Crippen LogP contribution in [0.15, 0.2) is 0 Å². The highest BCUT2D eigenvalue weighted by Crippen LogP contribution is 2.22. The molecule has 0 radical (unpaired) electrons. The van der Waals surface area contributed by atoms with Gasteiger partial charge in [0.1, 0.15) is 0 Å². The van der Waals surface area contributed by atoms with Crippen LogP contribution in [0.2, 0.25) is 0 Å². The van der Waals surface area contributed by atoms with Gasteiger partial charge in [-0.3, -0.25) is 10.2 Å². The highest BCUT2D eigenvalue weighted by Gasteiger charge is 2.29. The van der Waals surface area contributed by atoms with E-state index in [1.54, 1.807) is 0 Å². The summed E-state index contributed by atoms with van der Waals surface area (Å²) in [4.78, 5) is 3.63. The molecule has 2 N–H and O–H groups in total. The van der Waals surface area contributed by atoms with Gasteiger partial charge in [0.15, 0.2) is 0 Å². The Morgan fingerprint density at radius 1 is 1.47 bits per heavy atom. The third-order valence-corrected chi connectivity index (χ3v) is 3.86. The van der Waals surface area contributed by atoms with Gasteiger partial charge in [0, 0.05) is 12.5 Å². The second-order valence-electron chi connectivity index (χ2n) is 4.50. The lowest BCUT2D eigenvalue weighted by Crippen LogP contribution is -2.59. The molecule has 0 aromatic heterocycles. The van der Waals surface area contributed by atoms with Gasteiger partial charge in [0.05, 0.1) is 17.8 Å². The zero-order chi connectivity index (χ0) is 10.7. The Bertz CT molecular complexity index is 232. The Labute approximate surface area is 97.6 Å². The molecule has 2 saturated heterocycles. The average molecular weight is 227 g/mol. The molecule has 0 saturated carbocycles. The SMILES string of the molecule is CCC1CCCCN1C1CC(=S)NCN1. The Morgan fingerprint density at radius 3 is 3.07 bits per heavy atom. The average Bonchev–Trinajstić information content (AvgIpc) is 2.29. The van der Waals surface area contributed by atoms with Gasteiger partial charge in [-0.25, -0.2) is 0 Å². The van der Waals surface area contributed by atoms with E-state index in [0.29, 0.717) is 6.17 Å². The largest absolute Gasteiger partial charge is 0.367 e. The molecule has 2 rings (SSSR count). The van der Waals surface area contributed by atoms with E-state index in [-0.39, 0.29) is 0 Å². The van der Waals surface area contributed by atoms with Gasteiger partial charge >= 0.3 is 0 Å². The number of piperidine rings is 1. The Kier molecular flexibility index (Phi) is 3.94. The summed E-state index contributed by atoms with van der Waals surface area (Å²) in [6.07, 6.45) is 6.81. The predicted molar refractivity (Wildman–Crippen MR) is 66.8 cm³/mol. The van der Waals surface area contributed by atoms with Crippen LogP contribution in [0.1, 0.15) is 39.0 Å². The van der Waals surface area contributed by atoms with Crippen LogP contribution in [0.4, 0.5) is 0 Å². The molecule has 2 atom stereocenters. The molecule has 3 nitrogen and oxygen atoms in total. The van der Waals surface area contributed by atoms with E-state index in [9.17, 15) is 0 Å². The molecule has 0 bridgehead atoms. The maximum atomic E-state index is 5.25. The number of thiocarbonyl (C=S) groups is 1. The van der Waals surface area contributed by atoms with E-state index in [0.717, 1.165) is 24.1 Å². The van der Waals surface area contributed by atoms with E-state index in [4.69, 9.17) is 12.2 Å². The van der Waals surface area contributed by atoms with Gasteiger partial charge in [-0.2, -0.15) is 0 Å². The van der Waals surface area contributed by atoms with E-state index in [1.165, 1.54) is 32.2 Å². The van der Waals surface area contributed by atoms with Crippen LogP contribution >= 0.6 is 12.2 Å². The van der Waals surface area contributed by atoms with Crippen molar-refractivity contribution < 1.29 is 0 Å². The van der Waals surface area contributed by atoms with Crippen molar-refractivity contribution in [1.82, 2.24) is 15.5 Å². The fourth-order valence-electron chi connectivity index (χ4n) is 2.69. The molecule has 86 valence electrons. The molecule has 2 unspecified atom stereocenters. The second kappa shape index (κ2) is 5.23. The van der Waals surface area contributed by atoms with Crippen LogP contribution < -0.4 is 10.6 Å². The van der Waals surface area contributed by atoms with Gasteiger partial charge in [0.25, 0.3) is 0 Å². The first-order chi connectivity index (χ1) is 7.31. The zero-order valence-corrected chi connectivity index (χ0v) is 10.3. The molecular weight excluding hydrogens is 206 g/mol. The van der Waals surface area contributed by atoms with Gasteiger partial charge in [-0.05, 0) is 25.8 Å². The molecule has 0 amide bonds. The van der Waals surface area contributed by atoms with Crippen LogP contribution in [0, 0.1) is 0 Å². The molecule has 0 aromatic rings. The number of nitrogens with one attached hydrogen (secondary N) is 2. The van der Waals surface area contributed by atoms with Crippen molar-refractivity contribution in [3.05, 3.63) is 0 Å². The molecule has 4 heteroatoms. The summed E-state index contributed by atoms with van der Waals surface area (Å²) in [6, 6.07) is 0.761. The third-order valence-electron chi connectivity index (χ3n) is 3.55. The normalized spacial score (nSPS) is 33.8. The number of rotatable bonds is 2. The molecule has 0 aliphatic carbocycles. The molecular formula is C11H21N3S. The molecule has 0 aromatic carbocycles. The molecule has 2 aliphatic heterocycles. The van der Waals surface area contributed by atoms with Crippen LogP contribution in [0.25, 0.3) is 0 Å². The fraction of sp³-hybridized carbons (Fsp3) is 0.909. The summed E-state index contributed by atoms with van der Waals surface area (Å²) in [5, 5.41) is 6.69. The molecule has 2 aliphatic rings. The van der Waals surface area contributed by atoms with Crippen molar-refractivity contribution in [3.63, 3.8) is 0 Å². The quantitative estimate of drug-likeness (QED) is 0.698. The van der Waals surface area contributed by atoms with Crippen LogP contribution in [-0.2, 0) is 0 Å². The lowest BCUT2D eigenvalue weighted by Gasteiger charge is -2.43. The van der Waals surface area contributed by atoms with Gasteiger partial charge < -0.3 is 5.32 Å². The summed E-state index contributed by atoms with van der Waals surface area (Å²) < 4.78 is 0. The summed E-state index contributed by atoms with van der Waals surface area (Å²) in [5.41, 5.74) is 0. The molecule has 15 heavy (non-hydrogen) atoms. The Morgan fingerprint density at radius 2 is 2.33 bits per heavy atom. The van der Waals surface area contributed by atoms with Crippen molar-refractivity contribution in [2.75, 3.05) is 13.2 Å². The first-order valence-electron chi connectivity index (χ1n) is 6.07. The van der Waals surface area contributed by atoms with Crippen LogP contribution in [0.3, 0.4) is 0 Å². The zero-order valence-electron chi connectivity index (χ0n) is 9.46. The molecule has 2 fully saturated rings. The summed E-state index contributed by atoms with van der Waals surface area (Å²) >= 11 is 5.25. The van der Waals surface area contributed by atoms with Gasteiger partial charge in [-0.1, -0.05) is 25.6 Å². The first kappa shape index (κ1) is 11.3. The maximum absolute atomic E-state index is 5.25. The maximum Gasteiger partial charge on any atom is 0.0792 e. The molecule has 0 spiro atoms. The van der Waals surface area contributed by atoms with Crippen LogP contribution in [-0.4, -0.2) is 35.3 Å². The number of hydrogen-bond acceptors (Lipinski definition) is 3. The predicted octanol–water partition coefficient (Wildman–Crippen LogP) is 1.44. The smallest absolute Gasteiger partial charge is 0.0792 e.